The first-order valence-electron chi connectivity index (χ1n) is 7.88. The van der Waals surface area contributed by atoms with E-state index in [1.165, 1.54) is 6.26 Å². The molecule has 130 valence electrons. The minimum Gasteiger partial charge on any atom is -0.444 e. The highest BCUT2D eigenvalue weighted by Crippen LogP contribution is 2.28. The number of carbonyl (C=O) groups excluding carboxylic acids is 1. The highest BCUT2D eigenvalue weighted by molar-refractivity contribution is 7.90. The van der Waals surface area contributed by atoms with E-state index in [2.05, 4.69) is 5.32 Å². The van der Waals surface area contributed by atoms with Crippen LogP contribution in [-0.4, -0.2) is 62.2 Å². The maximum absolute atomic E-state index is 12.2. The van der Waals surface area contributed by atoms with Crippen LogP contribution in [0.5, 0.6) is 0 Å². The summed E-state index contributed by atoms with van der Waals surface area (Å²) in [6.45, 7) is 8.77. The van der Waals surface area contributed by atoms with Crippen LogP contribution in [0, 0.1) is 0 Å². The first-order chi connectivity index (χ1) is 9.98. The standard InChI is InChI=1S/C15H30N2O4S/c1-12(11-22(5,19)20)16-9-6-10-17(13-7-8-13)14(18)21-15(2,3)4/h12-13,16H,6-11H2,1-5H3. The zero-order chi connectivity index (χ0) is 17.0. The molecule has 1 rings (SSSR count). The molecule has 1 atom stereocenters. The summed E-state index contributed by atoms with van der Waals surface area (Å²) < 4.78 is 27.8. The van der Waals surface area contributed by atoms with E-state index in [0.29, 0.717) is 19.1 Å². The first kappa shape index (κ1) is 19.2. The Morgan fingerprint density at radius 2 is 1.95 bits per heavy atom. The summed E-state index contributed by atoms with van der Waals surface area (Å²) in [6.07, 6.45) is 3.85. The molecule has 1 fully saturated rings. The van der Waals surface area contributed by atoms with Crippen LogP contribution in [0.25, 0.3) is 0 Å². The third-order valence-corrected chi connectivity index (χ3v) is 4.34. The van der Waals surface area contributed by atoms with Gasteiger partial charge in [-0.25, -0.2) is 13.2 Å². The van der Waals surface area contributed by atoms with Gasteiger partial charge in [-0.15, -0.1) is 0 Å². The van der Waals surface area contributed by atoms with Crippen molar-refractivity contribution in [1.82, 2.24) is 10.2 Å². The SMILES string of the molecule is CC(CS(C)(=O)=O)NCCCN(C(=O)OC(C)(C)C)C1CC1. The molecule has 0 aliphatic heterocycles. The number of nitrogens with one attached hydrogen (secondary N) is 1. The molecular weight excluding hydrogens is 304 g/mol. The van der Waals surface area contributed by atoms with Crippen molar-refractivity contribution in [1.29, 1.82) is 0 Å². The van der Waals surface area contributed by atoms with Gasteiger partial charge in [0.2, 0.25) is 0 Å². The molecule has 1 N–H and O–H groups in total. The number of ether oxygens (including phenoxy) is 1. The third-order valence-electron chi connectivity index (χ3n) is 3.24. The summed E-state index contributed by atoms with van der Waals surface area (Å²) in [4.78, 5) is 14.0. The first-order valence-corrected chi connectivity index (χ1v) is 9.95. The van der Waals surface area contributed by atoms with Crippen molar-refractivity contribution in [2.45, 2.75) is 64.6 Å². The van der Waals surface area contributed by atoms with Crippen molar-refractivity contribution in [2.75, 3.05) is 25.1 Å². The third kappa shape index (κ3) is 8.58. The predicted molar refractivity (Wildman–Crippen MR) is 87.8 cm³/mol. The lowest BCUT2D eigenvalue weighted by molar-refractivity contribution is 0.0232. The molecule has 0 aromatic heterocycles. The molecule has 0 radical (unpaired) electrons. The second kappa shape index (κ2) is 7.64. The van der Waals surface area contributed by atoms with Gasteiger partial charge in [-0.2, -0.15) is 0 Å². The normalized spacial score (nSPS) is 17.1. The molecule has 0 saturated heterocycles. The second-order valence-corrected chi connectivity index (χ2v) is 9.39. The zero-order valence-corrected chi connectivity index (χ0v) is 15.2. The van der Waals surface area contributed by atoms with Gasteiger partial charge >= 0.3 is 6.09 Å². The summed E-state index contributed by atoms with van der Waals surface area (Å²) in [7, 11) is -2.96. The number of carbonyl (C=O) groups is 1. The van der Waals surface area contributed by atoms with Gasteiger partial charge < -0.3 is 15.0 Å². The molecule has 0 heterocycles. The highest BCUT2D eigenvalue weighted by Gasteiger charge is 2.34. The molecule has 0 aromatic carbocycles. The Kier molecular flexibility index (Phi) is 6.67. The summed E-state index contributed by atoms with van der Waals surface area (Å²) in [5, 5.41) is 3.18. The fourth-order valence-corrected chi connectivity index (χ4v) is 3.27. The van der Waals surface area contributed by atoms with Gasteiger partial charge in [-0.3, -0.25) is 0 Å². The minimum atomic E-state index is -2.96. The molecule has 0 aromatic rings. The van der Waals surface area contributed by atoms with Gasteiger partial charge in [0.15, 0.2) is 0 Å². The summed E-state index contributed by atoms with van der Waals surface area (Å²) in [5.74, 6) is 0.130. The van der Waals surface area contributed by atoms with E-state index in [4.69, 9.17) is 4.74 Å². The van der Waals surface area contributed by atoms with Gasteiger partial charge in [0, 0.05) is 24.9 Å². The van der Waals surface area contributed by atoms with E-state index in [0.717, 1.165) is 19.3 Å². The number of hydrogen-bond donors (Lipinski definition) is 1. The lowest BCUT2D eigenvalue weighted by Gasteiger charge is -2.27. The van der Waals surface area contributed by atoms with Crippen LogP contribution < -0.4 is 5.32 Å². The quantitative estimate of drug-likeness (QED) is 0.685. The molecule has 1 unspecified atom stereocenters. The Morgan fingerprint density at radius 1 is 1.36 bits per heavy atom. The minimum absolute atomic E-state index is 0.0779. The maximum Gasteiger partial charge on any atom is 0.410 e. The fourth-order valence-electron chi connectivity index (χ4n) is 2.24. The Hall–Kier alpha value is -0.820. The Morgan fingerprint density at radius 3 is 2.41 bits per heavy atom. The summed E-state index contributed by atoms with van der Waals surface area (Å²) in [6, 6.07) is 0.231. The molecule has 1 saturated carbocycles. The van der Waals surface area contributed by atoms with Crippen LogP contribution in [0.3, 0.4) is 0 Å². The average Bonchev–Trinajstić information content (AvgIpc) is 3.07. The smallest absolute Gasteiger partial charge is 0.410 e. The van der Waals surface area contributed by atoms with Gasteiger partial charge in [0.05, 0.1) is 5.75 Å². The molecule has 0 bridgehead atoms. The van der Waals surface area contributed by atoms with Crippen LogP contribution in [0.15, 0.2) is 0 Å². The summed E-state index contributed by atoms with van der Waals surface area (Å²) in [5.41, 5.74) is -0.480. The zero-order valence-electron chi connectivity index (χ0n) is 14.4. The van der Waals surface area contributed by atoms with Gasteiger partial charge in [-0.05, 0) is 53.5 Å². The average molecular weight is 334 g/mol. The van der Waals surface area contributed by atoms with E-state index in [9.17, 15) is 13.2 Å². The number of hydrogen-bond acceptors (Lipinski definition) is 5. The molecule has 0 spiro atoms. The largest absolute Gasteiger partial charge is 0.444 e. The van der Waals surface area contributed by atoms with E-state index in [1.54, 1.807) is 4.90 Å². The van der Waals surface area contributed by atoms with Crippen LogP contribution in [0.1, 0.15) is 47.0 Å². The number of amides is 1. The van der Waals surface area contributed by atoms with Crippen LogP contribution in [-0.2, 0) is 14.6 Å². The Bertz CT molecular complexity index is 466. The second-order valence-electron chi connectivity index (χ2n) is 7.21. The van der Waals surface area contributed by atoms with Crippen molar-refractivity contribution < 1.29 is 17.9 Å². The van der Waals surface area contributed by atoms with Crippen molar-refractivity contribution in [3.63, 3.8) is 0 Å². The van der Waals surface area contributed by atoms with Gasteiger partial charge in [-0.1, -0.05) is 0 Å². The monoisotopic (exact) mass is 334 g/mol. The van der Waals surface area contributed by atoms with E-state index in [-0.39, 0.29) is 17.9 Å². The van der Waals surface area contributed by atoms with Crippen molar-refractivity contribution in [2.24, 2.45) is 0 Å². The van der Waals surface area contributed by atoms with E-state index >= 15 is 0 Å². The van der Waals surface area contributed by atoms with Crippen LogP contribution in [0.2, 0.25) is 0 Å². The van der Waals surface area contributed by atoms with Crippen LogP contribution in [0.4, 0.5) is 4.79 Å². The van der Waals surface area contributed by atoms with Crippen molar-refractivity contribution in [3.05, 3.63) is 0 Å². The molecule has 1 aliphatic carbocycles. The van der Waals surface area contributed by atoms with E-state index in [1.807, 2.05) is 27.7 Å². The van der Waals surface area contributed by atoms with E-state index < -0.39 is 15.4 Å². The lowest BCUT2D eigenvalue weighted by Crippen LogP contribution is -2.40. The summed E-state index contributed by atoms with van der Waals surface area (Å²) >= 11 is 0. The molecule has 1 aliphatic rings. The number of rotatable bonds is 8. The lowest BCUT2D eigenvalue weighted by atomic mass is 10.2. The van der Waals surface area contributed by atoms with Crippen LogP contribution >= 0.6 is 0 Å². The molecule has 1 amide bonds. The fraction of sp³-hybridized carbons (Fsp3) is 0.933. The topological polar surface area (TPSA) is 75.7 Å². The highest BCUT2D eigenvalue weighted by atomic mass is 32.2. The predicted octanol–water partition coefficient (Wildman–Crippen LogP) is 1.80. The van der Waals surface area contributed by atoms with Gasteiger partial charge in [0.1, 0.15) is 15.4 Å². The van der Waals surface area contributed by atoms with Crippen molar-refractivity contribution in [3.8, 4) is 0 Å². The Balaban J connectivity index is 2.32. The maximum atomic E-state index is 12.2. The molecule has 7 heteroatoms. The molecular formula is C15H30N2O4S. The molecule has 6 nitrogen and oxygen atoms in total. The number of nitrogens with zero attached hydrogens (tertiary/aromatic N) is 1. The van der Waals surface area contributed by atoms with Gasteiger partial charge in [0.25, 0.3) is 0 Å². The van der Waals surface area contributed by atoms with Crippen molar-refractivity contribution >= 4 is 15.9 Å². The number of sulfone groups is 1. The Labute approximate surface area is 134 Å². The molecule has 22 heavy (non-hydrogen) atoms.